The van der Waals surface area contributed by atoms with E-state index in [1.807, 2.05) is 0 Å². The molecule has 0 spiro atoms. The number of fused-ring (bicyclic) bond motifs is 5. The van der Waals surface area contributed by atoms with Crippen molar-refractivity contribution in [2.75, 3.05) is 0 Å². The molecule has 0 saturated heterocycles. The Morgan fingerprint density at radius 1 is 0.840 bits per heavy atom. The SMILES string of the molecule is C[C@]12CC[C@](O)(C(F)(F)F)C[C@H]1CC[C@@H]1[C@@H]2CC[C@]2(C)[C@@H](O)CC[C@@H]12. The largest absolute Gasteiger partial charge is 0.417 e. The molecule has 25 heavy (non-hydrogen) atoms. The van der Waals surface area contributed by atoms with Crippen LogP contribution in [-0.4, -0.2) is 28.1 Å². The van der Waals surface area contributed by atoms with Crippen molar-refractivity contribution in [1.82, 2.24) is 0 Å². The topological polar surface area (TPSA) is 40.5 Å². The Morgan fingerprint density at radius 3 is 2.20 bits per heavy atom. The molecular formula is C20H31F3O2. The van der Waals surface area contributed by atoms with E-state index in [0.29, 0.717) is 24.2 Å². The molecule has 0 unspecified atom stereocenters. The minimum Gasteiger partial charge on any atom is -0.393 e. The zero-order valence-electron chi connectivity index (χ0n) is 15.3. The van der Waals surface area contributed by atoms with E-state index in [0.717, 1.165) is 38.5 Å². The highest BCUT2D eigenvalue weighted by molar-refractivity contribution is 5.11. The summed E-state index contributed by atoms with van der Waals surface area (Å²) in [5, 5.41) is 20.7. The van der Waals surface area contributed by atoms with Crippen LogP contribution in [0.25, 0.3) is 0 Å². The molecule has 0 amide bonds. The van der Waals surface area contributed by atoms with Crippen molar-refractivity contribution in [2.45, 2.75) is 89.5 Å². The standard InChI is InChI=1S/C20H31F3O2/c1-17-9-10-19(25,20(21,22)23)11-12(17)3-4-13-14-5-6-16(24)18(14,2)8-7-15(13)17/h12-16,24-25H,3-11H2,1-2H3/t12-,13+,14+,15+,16+,17+,18+,19-/m1/s1. The van der Waals surface area contributed by atoms with Crippen LogP contribution in [-0.2, 0) is 0 Å². The van der Waals surface area contributed by atoms with Gasteiger partial charge in [-0.05, 0) is 92.3 Å². The van der Waals surface area contributed by atoms with Gasteiger partial charge in [0.25, 0.3) is 0 Å². The summed E-state index contributed by atoms with van der Waals surface area (Å²) in [5.74, 6) is 1.47. The Hall–Kier alpha value is -0.290. The summed E-state index contributed by atoms with van der Waals surface area (Å²) in [4.78, 5) is 0. The predicted molar refractivity (Wildman–Crippen MR) is 88.7 cm³/mol. The van der Waals surface area contributed by atoms with E-state index in [1.54, 1.807) is 0 Å². The highest BCUT2D eigenvalue weighted by Gasteiger charge is 2.64. The van der Waals surface area contributed by atoms with Gasteiger partial charge in [-0.25, -0.2) is 0 Å². The third-order valence-corrected chi connectivity index (χ3v) is 9.20. The van der Waals surface area contributed by atoms with Gasteiger partial charge in [-0.1, -0.05) is 13.8 Å². The summed E-state index contributed by atoms with van der Waals surface area (Å²) in [7, 11) is 0. The lowest BCUT2D eigenvalue weighted by Crippen LogP contribution is -2.59. The summed E-state index contributed by atoms with van der Waals surface area (Å²) < 4.78 is 40.0. The highest BCUT2D eigenvalue weighted by atomic mass is 19.4. The van der Waals surface area contributed by atoms with E-state index in [2.05, 4.69) is 13.8 Å². The van der Waals surface area contributed by atoms with Crippen LogP contribution in [0.15, 0.2) is 0 Å². The average Bonchev–Trinajstić information content (AvgIpc) is 2.83. The lowest BCUT2D eigenvalue weighted by atomic mass is 9.44. The highest BCUT2D eigenvalue weighted by Crippen LogP contribution is 2.67. The second-order valence-electron chi connectivity index (χ2n) is 10.0. The molecule has 0 aliphatic heterocycles. The molecule has 5 heteroatoms. The molecule has 0 aromatic carbocycles. The number of halogens is 3. The third-order valence-electron chi connectivity index (χ3n) is 9.20. The van der Waals surface area contributed by atoms with Crippen molar-refractivity contribution < 1.29 is 23.4 Å². The van der Waals surface area contributed by atoms with Crippen molar-refractivity contribution in [3.8, 4) is 0 Å². The molecule has 2 nitrogen and oxygen atoms in total. The van der Waals surface area contributed by atoms with Crippen LogP contribution >= 0.6 is 0 Å². The number of aliphatic hydroxyl groups is 2. The van der Waals surface area contributed by atoms with Crippen LogP contribution in [0.1, 0.15) is 71.6 Å². The molecule has 2 N–H and O–H groups in total. The maximum absolute atomic E-state index is 13.3. The molecule has 4 aliphatic rings. The van der Waals surface area contributed by atoms with E-state index >= 15 is 0 Å². The lowest BCUT2D eigenvalue weighted by molar-refractivity contribution is -0.290. The van der Waals surface area contributed by atoms with E-state index in [1.165, 1.54) is 0 Å². The van der Waals surface area contributed by atoms with Gasteiger partial charge in [0.1, 0.15) is 0 Å². The smallest absolute Gasteiger partial charge is 0.393 e. The second-order valence-corrected chi connectivity index (χ2v) is 10.0. The molecular weight excluding hydrogens is 329 g/mol. The predicted octanol–water partition coefficient (Wildman–Crippen LogP) is 4.68. The van der Waals surface area contributed by atoms with E-state index < -0.39 is 11.8 Å². The Labute approximate surface area is 148 Å². The molecule has 4 fully saturated rings. The average molecular weight is 360 g/mol. The van der Waals surface area contributed by atoms with Gasteiger partial charge in [0.05, 0.1) is 6.10 Å². The summed E-state index contributed by atoms with van der Waals surface area (Å²) in [6.45, 7) is 4.42. The first-order valence-electron chi connectivity index (χ1n) is 9.98. The third kappa shape index (κ3) is 2.37. The minimum absolute atomic E-state index is 0.00569. The zero-order chi connectivity index (χ0) is 18.3. The van der Waals surface area contributed by atoms with E-state index in [-0.39, 0.29) is 35.7 Å². The van der Waals surface area contributed by atoms with Gasteiger partial charge in [0, 0.05) is 0 Å². The van der Waals surface area contributed by atoms with E-state index in [4.69, 9.17) is 0 Å². The quantitative estimate of drug-likeness (QED) is 0.658. The molecule has 0 aromatic rings. The molecule has 4 aliphatic carbocycles. The van der Waals surface area contributed by atoms with Crippen molar-refractivity contribution >= 4 is 0 Å². The summed E-state index contributed by atoms with van der Waals surface area (Å²) in [5.41, 5.74) is -2.57. The Balaban J connectivity index is 1.59. The monoisotopic (exact) mass is 360 g/mol. The van der Waals surface area contributed by atoms with Gasteiger partial charge >= 0.3 is 6.18 Å². The Morgan fingerprint density at radius 2 is 1.52 bits per heavy atom. The Kier molecular flexibility index (Phi) is 3.89. The fraction of sp³-hybridized carbons (Fsp3) is 1.00. The van der Waals surface area contributed by atoms with Crippen LogP contribution < -0.4 is 0 Å². The molecule has 0 bridgehead atoms. The van der Waals surface area contributed by atoms with Gasteiger partial charge in [-0.15, -0.1) is 0 Å². The summed E-state index contributed by atoms with van der Waals surface area (Å²) >= 11 is 0. The summed E-state index contributed by atoms with van der Waals surface area (Å²) in [6, 6.07) is 0. The van der Waals surface area contributed by atoms with Crippen molar-refractivity contribution in [3.05, 3.63) is 0 Å². The van der Waals surface area contributed by atoms with Crippen LogP contribution in [0, 0.1) is 34.5 Å². The second kappa shape index (κ2) is 5.37. The fourth-order valence-electron chi connectivity index (χ4n) is 7.48. The number of rotatable bonds is 0. The van der Waals surface area contributed by atoms with Crippen LogP contribution in [0.2, 0.25) is 0 Å². The van der Waals surface area contributed by atoms with Crippen LogP contribution in [0.5, 0.6) is 0 Å². The van der Waals surface area contributed by atoms with Crippen molar-refractivity contribution in [1.29, 1.82) is 0 Å². The van der Waals surface area contributed by atoms with Crippen molar-refractivity contribution in [3.63, 3.8) is 0 Å². The van der Waals surface area contributed by atoms with Gasteiger partial charge in [0.2, 0.25) is 0 Å². The van der Waals surface area contributed by atoms with Gasteiger partial charge in [0.15, 0.2) is 5.60 Å². The van der Waals surface area contributed by atoms with Gasteiger partial charge < -0.3 is 10.2 Å². The number of alkyl halides is 3. The first-order chi connectivity index (χ1) is 11.5. The number of hydrogen-bond donors (Lipinski definition) is 2. The van der Waals surface area contributed by atoms with E-state index in [9.17, 15) is 23.4 Å². The van der Waals surface area contributed by atoms with Gasteiger partial charge in [-0.2, -0.15) is 13.2 Å². The molecule has 4 saturated carbocycles. The normalized spacial score (nSPS) is 56.0. The molecule has 0 radical (unpaired) electrons. The first-order valence-corrected chi connectivity index (χ1v) is 9.98. The molecule has 0 aromatic heterocycles. The number of aliphatic hydroxyl groups excluding tert-OH is 1. The fourth-order valence-corrected chi connectivity index (χ4v) is 7.48. The maximum atomic E-state index is 13.3. The molecule has 144 valence electrons. The van der Waals surface area contributed by atoms with Crippen LogP contribution in [0.4, 0.5) is 13.2 Å². The molecule has 4 rings (SSSR count). The van der Waals surface area contributed by atoms with Crippen LogP contribution in [0.3, 0.4) is 0 Å². The minimum atomic E-state index is -4.52. The van der Waals surface area contributed by atoms with Crippen molar-refractivity contribution in [2.24, 2.45) is 34.5 Å². The molecule has 0 heterocycles. The number of hydrogen-bond acceptors (Lipinski definition) is 2. The summed E-state index contributed by atoms with van der Waals surface area (Å²) in [6.07, 6.45) is 1.16. The zero-order valence-corrected chi connectivity index (χ0v) is 15.3. The van der Waals surface area contributed by atoms with Gasteiger partial charge in [-0.3, -0.25) is 0 Å². The lowest BCUT2D eigenvalue weighted by Gasteiger charge is -2.61. The first kappa shape index (κ1) is 18.1. The Bertz CT molecular complexity index is 550. The molecule has 8 atom stereocenters. The maximum Gasteiger partial charge on any atom is 0.417 e.